The van der Waals surface area contributed by atoms with Gasteiger partial charge in [0.05, 0.1) is 12.7 Å². The number of nitrogens with two attached hydrogens (primary N) is 1. The number of benzene rings is 2. The molecule has 1 heterocycles. The van der Waals surface area contributed by atoms with Crippen molar-refractivity contribution < 1.29 is 9.47 Å². The molecule has 2 N–H and O–H groups in total. The summed E-state index contributed by atoms with van der Waals surface area (Å²) in [5, 5.41) is 0. The summed E-state index contributed by atoms with van der Waals surface area (Å²) in [4.78, 5) is 2.43. The number of morpholine rings is 1. The summed E-state index contributed by atoms with van der Waals surface area (Å²) < 4.78 is 11.7. The van der Waals surface area contributed by atoms with E-state index in [0.717, 1.165) is 38.4 Å². The predicted octanol–water partition coefficient (Wildman–Crippen LogP) is 2.82. The maximum absolute atomic E-state index is 5.92. The monoisotopic (exact) mass is 326 g/mol. The Morgan fingerprint density at radius 3 is 2.75 bits per heavy atom. The molecule has 128 valence electrons. The number of ether oxygens (including phenoxy) is 2. The molecule has 0 unspecified atom stereocenters. The molecular weight excluding hydrogens is 300 g/mol. The normalized spacial score (nSPS) is 18.5. The molecule has 4 heteroatoms. The van der Waals surface area contributed by atoms with E-state index in [-0.39, 0.29) is 6.10 Å². The van der Waals surface area contributed by atoms with E-state index in [0.29, 0.717) is 13.2 Å². The molecule has 1 saturated heterocycles. The van der Waals surface area contributed by atoms with Crippen LogP contribution in [-0.2, 0) is 17.9 Å². The van der Waals surface area contributed by atoms with Crippen molar-refractivity contribution in [1.82, 2.24) is 4.90 Å². The van der Waals surface area contributed by atoms with Crippen LogP contribution in [0.15, 0.2) is 54.6 Å². The largest absolute Gasteiger partial charge is 0.489 e. The van der Waals surface area contributed by atoms with Crippen molar-refractivity contribution in [2.75, 3.05) is 26.2 Å². The van der Waals surface area contributed by atoms with Crippen LogP contribution in [0.1, 0.15) is 17.5 Å². The fourth-order valence-electron chi connectivity index (χ4n) is 3.02. The molecule has 0 saturated carbocycles. The average Bonchev–Trinajstić information content (AvgIpc) is 2.62. The Morgan fingerprint density at radius 2 is 1.92 bits per heavy atom. The van der Waals surface area contributed by atoms with Crippen molar-refractivity contribution in [3.63, 3.8) is 0 Å². The maximum atomic E-state index is 5.92. The molecule has 0 radical (unpaired) electrons. The zero-order valence-corrected chi connectivity index (χ0v) is 14.1. The van der Waals surface area contributed by atoms with Crippen LogP contribution in [-0.4, -0.2) is 37.2 Å². The minimum atomic E-state index is 0.265. The van der Waals surface area contributed by atoms with Gasteiger partial charge in [-0.25, -0.2) is 0 Å². The Balaban J connectivity index is 1.55. The standard InChI is InChI=1S/C20H26N2O2/c21-10-9-20-15-22(11-12-23-20)14-18-7-4-8-19(13-18)24-16-17-5-2-1-3-6-17/h1-8,13,20H,9-12,14-16,21H2/t20-/m0/s1. The fourth-order valence-corrected chi connectivity index (χ4v) is 3.02. The van der Waals surface area contributed by atoms with Crippen molar-refractivity contribution in [3.05, 3.63) is 65.7 Å². The van der Waals surface area contributed by atoms with Crippen LogP contribution in [0.2, 0.25) is 0 Å². The molecule has 0 aromatic heterocycles. The van der Waals surface area contributed by atoms with Crippen LogP contribution in [0.25, 0.3) is 0 Å². The Bertz CT molecular complexity index is 616. The van der Waals surface area contributed by atoms with Gasteiger partial charge in [0, 0.05) is 19.6 Å². The van der Waals surface area contributed by atoms with Crippen molar-refractivity contribution in [2.24, 2.45) is 5.73 Å². The maximum Gasteiger partial charge on any atom is 0.120 e. The zero-order chi connectivity index (χ0) is 16.6. The van der Waals surface area contributed by atoms with Gasteiger partial charge in [-0.2, -0.15) is 0 Å². The lowest BCUT2D eigenvalue weighted by Gasteiger charge is -2.32. The van der Waals surface area contributed by atoms with Gasteiger partial charge in [-0.05, 0) is 36.2 Å². The molecule has 1 aliphatic rings. The Labute approximate surface area is 144 Å². The summed E-state index contributed by atoms with van der Waals surface area (Å²) in [6.45, 7) is 4.91. The third kappa shape index (κ3) is 5.06. The van der Waals surface area contributed by atoms with Crippen LogP contribution in [0.5, 0.6) is 5.75 Å². The first-order valence-corrected chi connectivity index (χ1v) is 8.63. The number of hydrogen-bond donors (Lipinski definition) is 1. The average molecular weight is 326 g/mol. The summed E-state index contributed by atoms with van der Waals surface area (Å²) in [5.41, 5.74) is 8.10. The first-order valence-electron chi connectivity index (χ1n) is 8.63. The van der Waals surface area contributed by atoms with E-state index in [4.69, 9.17) is 15.2 Å². The van der Waals surface area contributed by atoms with Crippen molar-refractivity contribution in [3.8, 4) is 5.75 Å². The summed E-state index contributed by atoms with van der Waals surface area (Å²) >= 11 is 0. The Hall–Kier alpha value is -1.88. The Kier molecular flexibility index (Phi) is 6.24. The lowest BCUT2D eigenvalue weighted by atomic mass is 10.1. The van der Waals surface area contributed by atoms with Gasteiger partial charge < -0.3 is 15.2 Å². The van der Waals surface area contributed by atoms with E-state index in [9.17, 15) is 0 Å². The Morgan fingerprint density at radius 1 is 1.08 bits per heavy atom. The minimum Gasteiger partial charge on any atom is -0.489 e. The van der Waals surface area contributed by atoms with E-state index >= 15 is 0 Å². The third-order valence-electron chi connectivity index (χ3n) is 4.26. The van der Waals surface area contributed by atoms with Crippen molar-refractivity contribution >= 4 is 0 Å². The van der Waals surface area contributed by atoms with Crippen LogP contribution in [0, 0.1) is 0 Å². The lowest BCUT2D eigenvalue weighted by molar-refractivity contribution is -0.0335. The number of rotatable bonds is 7. The second-order valence-corrected chi connectivity index (χ2v) is 6.23. The molecule has 1 fully saturated rings. The molecule has 0 bridgehead atoms. The SMILES string of the molecule is NCC[C@H]1CN(Cc2cccc(OCc3ccccc3)c2)CCO1. The van der Waals surface area contributed by atoms with E-state index < -0.39 is 0 Å². The summed E-state index contributed by atoms with van der Waals surface area (Å²) in [6, 6.07) is 18.6. The van der Waals surface area contributed by atoms with E-state index in [1.165, 1.54) is 11.1 Å². The molecular formula is C20H26N2O2. The van der Waals surface area contributed by atoms with Crippen LogP contribution >= 0.6 is 0 Å². The van der Waals surface area contributed by atoms with Gasteiger partial charge in [0.25, 0.3) is 0 Å². The quantitative estimate of drug-likeness (QED) is 0.850. The van der Waals surface area contributed by atoms with E-state index in [1.54, 1.807) is 0 Å². The highest BCUT2D eigenvalue weighted by Crippen LogP contribution is 2.18. The zero-order valence-electron chi connectivity index (χ0n) is 14.1. The number of nitrogens with zero attached hydrogens (tertiary/aromatic N) is 1. The topological polar surface area (TPSA) is 47.7 Å². The van der Waals surface area contributed by atoms with Gasteiger partial charge in [-0.15, -0.1) is 0 Å². The highest BCUT2D eigenvalue weighted by molar-refractivity contribution is 5.29. The first kappa shape index (κ1) is 17.0. The molecule has 2 aromatic carbocycles. The first-order chi connectivity index (χ1) is 11.8. The minimum absolute atomic E-state index is 0.265. The third-order valence-corrected chi connectivity index (χ3v) is 4.26. The summed E-state index contributed by atoms with van der Waals surface area (Å²) in [7, 11) is 0. The second kappa shape index (κ2) is 8.83. The molecule has 2 aromatic rings. The summed E-state index contributed by atoms with van der Waals surface area (Å²) in [6.07, 6.45) is 1.19. The van der Waals surface area contributed by atoms with Gasteiger partial charge in [0.15, 0.2) is 0 Å². The highest BCUT2D eigenvalue weighted by Gasteiger charge is 2.19. The van der Waals surface area contributed by atoms with Crippen molar-refractivity contribution in [2.45, 2.75) is 25.7 Å². The predicted molar refractivity (Wildman–Crippen MR) is 95.9 cm³/mol. The number of hydrogen-bond acceptors (Lipinski definition) is 4. The van der Waals surface area contributed by atoms with Crippen LogP contribution < -0.4 is 10.5 Å². The molecule has 0 amide bonds. The molecule has 1 aliphatic heterocycles. The summed E-state index contributed by atoms with van der Waals surface area (Å²) in [5.74, 6) is 0.920. The molecule has 3 rings (SSSR count). The van der Waals surface area contributed by atoms with Gasteiger partial charge >= 0.3 is 0 Å². The van der Waals surface area contributed by atoms with Gasteiger partial charge in [-0.3, -0.25) is 4.90 Å². The van der Waals surface area contributed by atoms with Gasteiger partial charge in [0.1, 0.15) is 12.4 Å². The second-order valence-electron chi connectivity index (χ2n) is 6.23. The molecule has 24 heavy (non-hydrogen) atoms. The van der Waals surface area contributed by atoms with Crippen LogP contribution in [0.4, 0.5) is 0 Å². The lowest BCUT2D eigenvalue weighted by Crippen LogP contribution is -2.42. The van der Waals surface area contributed by atoms with E-state index in [2.05, 4.69) is 35.2 Å². The smallest absolute Gasteiger partial charge is 0.120 e. The highest BCUT2D eigenvalue weighted by atomic mass is 16.5. The van der Waals surface area contributed by atoms with Crippen LogP contribution in [0.3, 0.4) is 0 Å². The molecule has 0 spiro atoms. The molecule has 1 atom stereocenters. The molecule has 4 nitrogen and oxygen atoms in total. The molecule has 0 aliphatic carbocycles. The van der Waals surface area contributed by atoms with Crippen molar-refractivity contribution in [1.29, 1.82) is 0 Å². The fraction of sp³-hybridized carbons (Fsp3) is 0.400. The van der Waals surface area contributed by atoms with E-state index in [1.807, 2.05) is 24.3 Å². The van der Waals surface area contributed by atoms with Gasteiger partial charge in [0.2, 0.25) is 0 Å². The van der Waals surface area contributed by atoms with Gasteiger partial charge in [-0.1, -0.05) is 42.5 Å².